The summed E-state index contributed by atoms with van der Waals surface area (Å²) in [7, 11) is -4.04. The van der Waals surface area contributed by atoms with E-state index < -0.39 is 15.9 Å². The minimum Gasteiger partial charge on any atom is -0.264 e. The van der Waals surface area contributed by atoms with E-state index in [1.165, 1.54) is 36.4 Å². The number of fused-ring (bicyclic) bond motifs is 1. The van der Waals surface area contributed by atoms with Gasteiger partial charge in [-0.25, -0.2) is 4.39 Å². The van der Waals surface area contributed by atoms with Gasteiger partial charge in [0.25, 0.3) is 0 Å². The molecule has 3 rings (SSSR count). The highest BCUT2D eigenvalue weighted by molar-refractivity contribution is 7.99. The molecular formula is C15H11ClFNO3S2. The molecule has 0 aromatic heterocycles. The van der Waals surface area contributed by atoms with Gasteiger partial charge in [0, 0.05) is 27.7 Å². The first-order valence-electron chi connectivity index (χ1n) is 6.64. The number of thioether (sulfide) groups is 1. The summed E-state index contributed by atoms with van der Waals surface area (Å²) in [6.45, 7) is 0. The van der Waals surface area contributed by atoms with Crippen LogP contribution in [0.15, 0.2) is 57.4 Å². The van der Waals surface area contributed by atoms with Gasteiger partial charge in [-0.05, 0) is 42.5 Å². The lowest BCUT2D eigenvalue weighted by Gasteiger charge is -2.16. The molecule has 0 saturated carbocycles. The van der Waals surface area contributed by atoms with E-state index in [0.717, 1.165) is 10.6 Å². The van der Waals surface area contributed by atoms with Gasteiger partial charge in [0.05, 0.1) is 5.71 Å². The van der Waals surface area contributed by atoms with Crippen LogP contribution in [0, 0.1) is 5.82 Å². The lowest BCUT2D eigenvalue weighted by Crippen LogP contribution is -2.12. The minimum absolute atomic E-state index is 0.0455. The van der Waals surface area contributed by atoms with E-state index in [0.29, 0.717) is 22.7 Å². The van der Waals surface area contributed by atoms with Crippen LogP contribution in [0.3, 0.4) is 0 Å². The molecule has 4 nitrogen and oxygen atoms in total. The number of hydrogen-bond acceptors (Lipinski definition) is 5. The Bertz CT molecular complexity index is 867. The SMILES string of the molecule is O=S(=O)(O/N=C1/CCSc2ccc(F)cc21)c1ccc(Cl)cc1. The summed E-state index contributed by atoms with van der Waals surface area (Å²) in [6.07, 6.45) is 0.497. The zero-order valence-corrected chi connectivity index (χ0v) is 14.1. The van der Waals surface area contributed by atoms with Crippen molar-refractivity contribution in [3.63, 3.8) is 0 Å². The predicted octanol–water partition coefficient (Wildman–Crippen LogP) is 4.08. The third kappa shape index (κ3) is 3.68. The van der Waals surface area contributed by atoms with Crippen molar-refractivity contribution >= 4 is 39.2 Å². The van der Waals surface area contributed by atoms with Gasteiger partial charge < -0.3 is 0 Å². The van der Waals surface area contributed by atoms with Gasteiger partial charge in [-0.15, -0.1) is 11.8 Å². The number of halogens is 2. The highest BCUT2D eigenvalue weighted by Gasteiger charge is 2.20. The second-order valence-corrected chi connectivity index (χ2v) is 7.86. The van der Waals surface area contributed by atoms with Crippen molar-refractivity contribution in [1.82, 2.24) is 0 Å². The summed E-state index contributed by atoms with van der Waals surface area (Å²) in [4.78, 5) is 0.805. The van der Waals surface area contributed by atoms with E-state index in [4.69, 9.17) is 15.9 Å². The molecule has 0 spiro atoms. The molecule has 1 heterocycles. The second-order valence-electron chi connectivity index (χ2n) is 4.76. The van der Waals surface area contributed by atoms with Gasteiger partial charge in [0.2, 0.25) is 0 Å². The van der Waals surface area contributed by atoms with Gasteiger partial charge in [-0.2, -0.15) is 8.42 Å². The normalized spacial score (nSPS) is 16.2. The zero-order chi connectivity index (χ0) is 16.4. The van der Waals surface area contributed by atoms with Gasteiger partial charge in [0.1, 0.15) is 10.7 Å². The Morgan fingerprint density at radius 3 is 2.65 bits per heavy atom. The van der Waals surface area contributed by atoms with E-state index in [1.807, 2.05) is 0 Å². The number of benzene rings is 2. The highest BCUT2D eigenvalue weighted by atomic mass is 35.5. The lowest BCUT2D eigenvalue weighted by atomic mass is 10.1. The Hall–Kier alpha value is -1.57. The topological polar surface area (TPSA) is 55.7 Å². The van der Waals surface area contributed by atoms with Crippen LogP contribution < -0.4 is 0 Å². The summed E-state index contributed by atoms with van der Waals surface area (Å²) in [5, 5.41) is 4.17. The molecule has 2 aromatic carbocycles. The number of nitrogens with zero attached hydrogens (tertiary/aromatic N) is 1. The van der Waals surface area contributed by atoms with Crippen LogP contribution >= 0.6 is 23.4 Å². The van der Waals surface area contributed by atoms with Crippen LogP contribution in [0.4, 0.5) is 4.39 Å². The minimum atomic E-state index is -4.04. The predicted molar refractivity (Wildman–Crippen MR) is 88.0 cm³/mol. The highest BCUT2D eigenvalue weighted by Crippen LogP contribution is 2.31. The number of hydrogen-bond donors (Lipinski definition) is 0. The van der Waals surface area contributed by atoms with Gasteiger partial charge >= 0.3 is 10.1 Å². The Morgan fingerprint density at radius 2 is 1.91 bits per heavy atom. The first-order chi connectivity index (χ1) is 11.0. The van der Waals surface area contributed by atoms with E-state index in [9.17, 15) is 12.8 Å². The monoisotopic (exact) mass is 371 g/mol. The maximum absolute atomic E-state index is 13.4. The van der Waals surface area contributed by atoms with Crippen molar-refractivity contribution in [2.75, 3.05) is 5.75 Å². The van der Waals surface area contributed by atoms with Crippen LogP contribution in [0.2, 0.25) is 5.02 Å². The molecule has 0 unspecified atom stereocenters. The van der Waals surface area contributed by atoms with E-state index >= 15 is 0 Å². The Kier molecular flexibility index (Phi) is 4.61. The maximum atomic E-state index is 13.4. The molecule has 8 heteroatoms. The molecule has 0 atom stereocenters. The fraction of sp³-hybridized carbons (Fsp3) is 0.133. The van der Waals surface area contributed by atoms with Crippen molar-refractivity contribution in [1.29, 1.82) is 0 Å². The van der Waals surface area contributed by atoms with Crippen molar-refractivity contribution in [3.8, 4) is 0 Å². The first-order valence-corrected chi connectivity index (χ1v) is 9.42. The van der Waals surface area contributed by atoms with E-state index in [2.05, 4.69) is 5.16 Å². The number of rotatable bonds is 3. The van der Waals surface area contributed by atoms with Crippen LogP contribution in [0.25, 0.3) is 0 Å². The molecule has 0 amide bonds. The molecule has 0 bridgehead atoms. The van der Waals surface area contributed by atoms with Gasteiger partial charge in [0.15, 0.2) is 0 Å². The maximum Gasteiger partial charge on any atom is 0.358 e. The van der Waals surface area contributed by atoms with E-state index in [-0.39, 0.29) is 4.90 Å². The van der Waals surface area contributed by atoms with Crippen molar-refractivity contribution in [2.24, 2.45) is 5.16 Å². The molecule has 1 aliphatic heterocycles. The Balaban J connectivity index is 1.89. The molecular weight excluding hydrogens is 361 g/mol. The molecule has 120 valence electrons. The second kappa shape index (κ2) is 6.51. The third-order valence-corrected chi connectivity index (χ3v) is 5.64. The fourth-order valence-electron chi connectivity index (χ4n) is 2.08. The van der Waals surface area contributed by atoms with E-state index in [1.54, 1.807) is 17.8 Å². The van der Waals surface area contributed by atoms with Crippen LogP contribution in [-0.2, 0) is 14.4 Å². The smallest absolute Gasteiger partial charge is 0.264 e. The zero-order valence-electron chi connectivity index (χ0n) is 11.7. The summed E-state index contributed by atoms with van der Waals surface area (Å²) in [5.41, 5.74) is 0.975. The summed E-state index contributed by atoms with van der Waals surface area (Å²) in [6, 6.07) is 9.92. The molecule has 0 aliphatic carbocycles. The Morgan fingerprint density at radius 1 is 1.17 bits per heavy atom. The molecule has 2 aromatic rings. The van der Waals surface area contributed by atoms with Gasteiger partial charge in [-0.1, -0.05) is 16.8 Å². The third-order valence-electron chi connectivity index (χ3n) is 3.20. The van der Waals surface area contributed by atoms with Crippen molar-refractivity contribution < 1.29 is 17.1 Å². The molecule has 0 saturated heterocycles. The van der Waals surface area contributed by atoms with Crippen LogP contribution in [0.1, 0.15) is 12.0 Å². The number of oxime groups is 1. The average Bonchev–Trinajstić information content (AvgIpc) is 2.53. The molecule has 0 fully saturated rings. The summed E-state index contributed by atoms with van der Waals surface area (Å²) in [5.74, 6) is 0.321. The summed E-state index contributed by atoms with van der Waals surface area (Å²) < 4.78 is 42.4. The summed E-state index contributed by atoms with van der Waals surface area (Å²) >= 11 is 7.30. The largest absolute Gasteiger partial charge is 0.358 e. The molecule has 0 N–H and O–H groups in total. The van der Waals surface area contributed by atoms with Crippen molar-refractivity contribution in [3.05, 3.63) is 58.9 Å². The average molecular weight is 372 g/mol. The van der Waals surface area contributed by atoms with Gasteiger partial charge in [-0.3, -0.25) is 4.28 Å². The standard InChI is InChI=1S/C15H11ClFNO3S2/c16-10-1-4-12(5-2-10)23(19,20)21-18-14-7-8-22-15-6-3-11(17)9-13(14)15/h1-6,9H,7-8H2/b18-14-. The molecule has 0 radical (unpaired) electrons. The van der Waals surface area contributed by atoms with Crippen LogP contribution in [-0.4, -0.2) is 19.9 Å². The fourth-order valence-corrected chi connectivity index (χ4v) is 3.96. The van der Waals surface area contributed by atoms with Crippen LogP contribution in [0.5, 0.6) is 0 Å². The molecule has 23 heavy (non-hydrogen) atoms. The molecule has 1 aliphatic rings. The quantitative estimate of drug-likeness (QED) is 0.763. The van der Waals surface area contributed by atoms with Crippen molar-refractivity contribution in [2.45, 2.75) is 16.2 Å². The first kappa shape index (κ1) is 16.3. The Labute approximate surface area is 142 Å². The lowest BCUT2D eigenvalue weighted by molar-refractivity contribution is 0.338.